The van der Waals surface area contributed by atoms with Crippen LogP contribution in [-0.2, 0) is 4.79 Å². The summed E-state index contributed by atoms with van der Waals surface area (Å²) >= 11 is 0. The van der Waals surface area contributed by atoms with E-state index in [1.807, 2.05) is 24.3 Å². The van der Waals surface area contributed by atoms with Crippen LogP contribution in [0, 0.1) is 0 Å². The van der Waals surface area contributed by atoms with Crippen molar-refractivity contribution in [2.75, 3.05) is 7.11 Å². The molecule has 1 unspecified atom stereocenters. The molecular formula is C13H17NO3. The third-order valence-electron chi connectivity index (χ3n) is 2.76. The van der Waals surface area contributed by atoms with Crippen LogP contribution in [0.5, 0.6) is 5.75 Å². The van der Waals surface area contributed by atoms with Gasteiger partial charge in [0, 0.05) is 6.21 Å². The van der Waals surface area contributed by atoms with Crippen LogP contribution in [-0.4, -0.2) is 29.9 Å². The van der Waals surface area contributed by atoms with Gasteiger partial charge in [-0.2, -0.15) is 0 Å². The average molecular weight is 235 g/mol. The molecule has 0 aromatic heterocycles. The predicted octanol–water partition coefficient (Wildman–Crippen LogP) is 2.37. The van der Waals surface area contributed by atoms with Crippen LogP contribution in [0.4, 0.5) is 0 Å². The largest absolute Gasteiger partial charge is 0.497 e. The Morgan fingerprint density at radius 1 is 1.47 bits per heavy atom. The molecule has 0 spiro atoms. The van der Waals surface area contributed by atoms with E-state index in [1.54, 1.807) is 27.2 Å². The van der Waals surface area contributed by atoms with Crippen LogP contribution in [0.25, 0.3) is 0 Å². The van der Waals surface area contributed by atoms with E-state index in [4.69, 9.17) is 9.84 Å². The maximum atomic E-state index is 11.0. The Hall–Kier alpha value is -1.84. The summed E-state index contributed by atoms with van der Waals surface area (Å²) in [6.45, 7) is 3.41. The molecule has 1 aromatic rings. The van der Waals surface area contributed by atoms with Gasteiger partial charge in [0.05, 0.1) is 7.11 Å². The zero-order valence-corrected chi connectivity index (χ0v) is 10.3. The normalized spacial score (nSPS) is 14.5. The van der Waals surface area contributed by atoms with Gasteiger partial charge in [-0.1, -0.05) is 6.92 Å². The molecule has 4 heteroatoms. The summed E-state index contributed by atoms with van der Waals surface area (Å²) in [5, 5.41) is 9.06. The molecule has 0 amide bonds. The summed E-state index contributed by atoms with van der Waals surface area (Å²) in [4.78, 5) is 15.2. The molecule has 0 aliphatic carbocycles. The molecule has 0 saturated carbocycles. The first-order valence-corrected chi connectivity index (χ1v) is 5.44. The van der Waals surface area contributed by atoms with Gasteiger partial charge in [-0.05, 0) is 43.2 Å². The lowest BCUT2D eigenvalue weighted by molar-refractivity contribution is -0.142. The Kier molecular flexibility index (Phi) is 4.26. The minimum Gasteiger partial charge on any atom is -0.497 e. The Morgan fingerprint density at radius 3 is 2.47 bits per heavy atom. The molecular weight excluding hydrogens is 218 g/mol. The minimum absolute atomic E-state index is 0.453. The predicted molar refractivity (Wildman–Crippen MR) is 66.9 cm³/mol. The van der Waals surface area contributed by atoms with Gasteiger partial charge in [-0.3, -0.25) is 4.99 Å². The third-order valence-corrected chi connectivity index (χ3v) is 2.76. The average Bonchev–Trinajstić information content (AvgIpc) is 2.36. The Labute approximate surface area is 101 Å². The number of rotatable bonds is 5. The second-order valence-electron chi connectivity index (χ2n) is 3.96. The molecule has 4 nitrogen and oxygen atoms in total. The van der Waals surface area contributed by atoms with E-state index < -0.39 is 11.5 Å². The first-order chi connectivity index (χ1) is 8.01. The number of benzene rings is 1. The molecule has 0 fully saturated rings. The van der Waals surface area contributed by atoms with Gasteiger partial charge < -0.3 is 9.84 Å². The number of hydrogen-bond acceptors (Lipinski definition) is 3. The highest BCUT2D eigenvalue weighted by molar-refractivity contribution is 5.85. The van der Waals surface area contributed by atoms with E-state index in [0.29, 0.717) is 6.42 Å². The quantitative estimate of drug-likeness (QED) is 0.797. The van der Waals surface area contributed by atoms with Crippen molar-refractivity contribution < 1.29 is 14.6 Å². The number of aliphatic carboxylic acids is 1. The van der Waals surface area contributed by atoms with Crippen molar-refractivity contribution in [2.45, 2.75) is 25.8 Å². The van der Waals surface area contributed by atoms with Gasteiger partial charge in [-0.15, -0.1) is 0 Å². The number of hydrogen-bond donors (Lipinski definition) is 1. The number of carboxylic acid groups (broad SMARTS) is 1. The second kappa shape index (κ2) is 5.48. The van der Waals surface area contributed by atoms with Crippen LogP contribution >= 0.6 is 0 Å². The van der Waals surface area contributed by atoms with Gasteiger partial charge in [0.25, 0.3) is 0 Å². The molecule has 0 heterocycles. The number of aliphatic imine (C=N–C) groups is 1. The van der Waals surface area contributed by atoms with Crippen LogP contribution < -0.4 is 4.74 Å². The molecule has 0 aliphatic heterocycles. The molecule has 1 rings (SSSR count). The molecule has 1 N–H and O–H groups in total. The zero-order chi connectivity index (χ0) is 12.9. The standard InChI is InChI=1S/C13H17NO3/c1-4-13(2,12(15)16)14-9-10-5-7-11(17-3)8-6-10/h5-9H,4H2,1-3H3,(H,15,16). The van der Waals surface area contributed by atoms with Crippen LogP contribution in [0.3, 0.4) is 0 Å². The van der Waals surface area contributed by atoms with Crippen molar-refractivity contribution >= 4 is 12.2 Å². The monoisotopic (exact) mass is 235 g/mol. The summed E-state index contributed by atoms with van der Waals surface area (Å²) < 4.78 is 5.04. The summed E-state index contributed by atoms with van der Waals surface area (Å²) in [5.41, 5.74) is -0.202. The van der Waals surface area contributed by atoms with Crippen LogP contribution in [0.1, 0.15) is 25.8 Å². The number of nitrogens with zero attached hydrogens (tertiary/aromatic N) is 1. The number of methoxy groups -OCH3 is 1. The van der Waals surface area contributed by atoms with Gasteiger partial charge in [0.2, 0.25) is 0 Å². The Balaban J connectivity index is 2.85. The summed E-state index contributed by atoms with van der Waals surface area (Å²) in [5.74, 6) is -0.150. The van der Waals surface area contributed by atoms with Crippen molar-refractivity contribution in [3.05, 3.63) is 29.8 Å². The summed E-state index contributed by atoms with van der Waals surface area (Å²) in [6, 6.07) is 7.29. The summed E-state index contributed by atoms with van der Waals surface area (Å²) in [7, 11) is 1.60. The lowest BCUT2D eigenvalue weighted by Crippen LogP contribution is -2.32. The molecule has 1 atom stereocenters. The fourth-order valence-electron chi connectivity index (χ4n) is 1.20. The fraction of sp³-hybridized carbons (Fsp3) is 0.385. The first-order valence-electron chi connectivity index (χ1n) is 5.44. The topological polar surface area (TPSA) is 58.9 Å². The van der Waals surface area contributed by atoms with Crippen molar-refractivity contribution in [1.29, 1.82) is 0 Å². The first kappa shape index (κ1) is 13.2. The zero-order valence-electron chi connectivity index (χ0n) is 10.3. The number of ether oxygens (including phenoxy) is 1. The maximum Gasteiger partial charge on any atom is 0.331 e. The molecule has 0 aliphatic rings. The van der Waals surface area contributed by atoms with E-state index in [1.165, 1.54) is 0 Å². The smallest absolute Gasteiger partial charge is 0.331 e. The third kappa shape index (κ3) is 3.31. The number of carboxylic acids is 1. The van der Waals surface area contributed by atoms with Crippen molar-refractivity contribution in [2.24, 2.45) is 4.99 Å². The van der Waals surface area contributed by atoms with E-state index in [9.17, 15) is 4.79 Å². The maximum absolute atomic E-state index is 11.0. The fourth-order valence-corrected chi connectivity index (χ4v) is 1.20. The van der Waals surface area contributed by atoms with Gasteiger partial charge in [0.15, 0.2) is 5.54 Å². The van der Waals surface area contributed by atoms with Gasteiger partial charge in [0.1, 0.15) is 5.75 Å². The van der Waals surface area contributed by atoms with Gasteiger partial charge >= 0.3 is 5.97 Å². The molecule has 0 saturated heterocycles. The Bertz CT molecular complexity index is 411. The lowest BCUT2D eigenvalue weighted by Gasteiger charge is -2.17. The number of carbonyl (C=O) groups is 1. The van der Waals surface area contributed by atoms with Crippen molar-refractivity contribution in [3.63, 3.8) is 0 Å². The SMILES string of the molecule is CCC(C)(N=Cc1ccc(OC)cc1)C(=O)O. The van der Waals surface area contributed by atoms with Crippen LogP contribution in [0.2, 0.25) is 0 Å². The summed E-state index contributed by atoms with van der Waals surface area (Å²) in [6.07, 6.45) is 2.03. The molecule has 0 bridgehead atoms. The minimum atomic E-state index is -1.06. The highest BCUT2D eigenvalue weighted by Gasteiger charge is 2.29. The highest BCUT2D eigenvalue weighted by Crippen LogP contribution is 2.16. The molecule has 92 valence electrons. The highest BCUT2D eigenvalue weighted by atomic mass is 16.5. The van der Waals surface area contributed by atoms with Crippen LogP contribution in [0.15, 0.2) is 29.3 Å². The molecule has 0 radical (unpaired) electrons. The van der Waals surface area contributed by atoms with Gasteiger partial charge in [-0.25, -0.2) is 4.79 Å². The van der Waals surface area contributed by atoms with E-state index in [0.717, 1.165) is 11.3 Å². The molecule has 1 aromatic carbocycles. The Morgan fingerprint density at radius 2 is 2.06 bits per heavy atom. The molecule has 17 heavy (non-hydrogen) atoms. The van der Waals surface area contributed by atoms with Crippen molar-refractivity contribution in [1.82, 2.24) is 0 Å². The van der Waals surface area contributed by atoms with E-state index >= 15 is 0 Å². The second-order valence-corrected chi connectivity index (χ2v) is 3.96. The lowest BCUT2D eigenvalue weighted by atomic mass is 10.0. The van der Waals surface area contributed by atoms with E-state index in [2.05, 4.69) is 4.99 Å². The van der Waals surface area contributed by atoms with Crippen molar-refractivity contribution in [3.8, 4) is 5.75 Å². The van der Waals surface area contributed by atoms with E-state index in [-0.39, 0.29) is 0 Å².